The molecular formula is C30H34Cl2FN5O4. The van der Waals surface area contributed by atoms with E-state index in [0.717, 1.165) is 6.42 Å². The van der Waals surface area contributed by atoms with Gasteiger partial charge in [0.25, 0.3) is 0 Å². The van der Waals surface area contributed by atoms with Crippen LogP contribution >= 0.6 is 23.2 Å². The van der Waals surface area contributed by atoms with E-state index in [0.29, 0.717) is 36.9 Å². The molecule has 42 heavy (non-hydrogen) atoms. The summed E-state index contributed by atoms with van der Waals surface area (Å²) in [6.07, 6.45) is 3.28. The zero-order valence-electron chi connectivity index (χ0n) is 23.4. The van der Waals surface area contributed by atoms with Gasteiger partial charge in [0.05, 0.1) is 29.6 Å². The normalized spacial score (nSPS) is 35.2. The van der Waals surface area contributed by atoms with Crippen molar-refractivity contribution in [1.29, 1.82) is 0 Å². The first kappa shape index (κ1) is 29.3. The summed E-state index contributed by atoms with van der Waals surface area (Å²) >= 11 is 13.5. The number of carbonyl (C=O) groups is 3. The number of fused-ring (bicyclic) bond motifs is 3. The van der Waals surface area contributed by atoms with Crippen LogP contribution < -0.4 is 21.7 Å². The standard InChI is InChI=1S/C30H34Cl2FN5O4/c1-28(2)10-11-29(20(31)13-28)30(17-5-3-4-6-18(17)37-27(30)41)21(16-9-12-35-24(32)22(16)33)23(38-29)26(40)36-15-7-8-19(25(34)39)42-14-15/h3-6,9,12,15,19-21,23,38H,7-8,10-11,13-14H2,1-2H3,(H2,34,39)(H,36,40)(H,37,41)/t15-,19+,20?,21+,23-,29?,30-/m1/s1. The second-order valence-electron chi connectivity index (χ2n) is 12.7. The van der Waals surface area contributed by atoms with E-state index >= 15 is 4.39 Å². The zero-order chi connectivity index (χ0) is 30.0. The van der Waals surface area contributed by atoms with Crippen molar-refractivity contribution in [3.63, 3.8) is 0 Å². The average molecular weight is 619 g/mol. The van der Waals surface area contributed by atoms with Gasteiger partial charge < -0.3 is 21.1 Å². The summed E-state index contributed by atoms with van der Waals surface area (Å²) in [7, 11) is 0. The van der Waals surface area contributed by atoms with E-state index in [1.807, 2.05) is 18.2 Å². The van der Waals surface area contributed by atoms with Gasteiger partial charge in [-0.3, -0.25) is 19.7 Å². The molecule has 6 rings (SSSR count). The Kier molecular flexibility index (Phi) is 7.28. The lowest BCUT2D eigenvalue weighted by atomic mass is 9.53. The van der Waals surface area contributed by atoms with Crippen LogP contribution in [0.15, 0.2) is 36.5 Å². The number of alkyl halides is 1. The van der Waals surface area contributed by atoms with Gasteiger partial charge in [0.1, 0.15) is 11.5 Å². The van der Waals surface area contributed by atoms with Crippen LogP contribution in [0, 0.1) is 11.2 Å². The molecule has 5 N–H and O–H groups in total. The number of carbonyl (C=O) groups excluding carboxylic acids is 3. The maximum absolute atomic E-state index is 16.0. The number of benzene rings is 1. The van der Waals surface area contributed by atoms with Gasteiger partial charge in [-0.1, -0.05) is 43.6 Å². The molecule has 3 fully saturated rings. The van der Waals surface area contributed by atoms with Crippen LogP contribution in [-0.4, -0.2) is 58.4 Å². The van der Waals surface area contributed by atoms with Gasteiger partial charge in [-0.25, -0.2) is 9.37 Å². The van der Waals surface area contributed by atoms with Gasteiger partial charge >= 0.3 is 0 Å². The molecule has 224 valence electrons. The second kappa shape index (κ2) is 10.4. The van der Waals surface area contributed by atoms with Gasteiger partial charge in [-0.15, -0.1) is 11.6 Å². The number of aromatic nitrogens is 1. The van der Waals surface area contributed by atoms with E-state index in [4.69, 9.17) is 33.7 Å². The van der Waals surface area contributed by atoms with Crippen molar-refractivity contribution >= 4 is 46.6 Å². The van der Waals surface area contributed by atoms with Gasteiger partial charge in [-0.2, -0.15) is 0 Å². The summed E-state index contributed by atoms with van der Waals surface area (Å²) in [5, 5.41) is 8.69. The highest BCUT2D eigenvalue weighted by molar-refractivity contribution is 6.29. The smallest absolute Gasteiger partial charge is 0.246 e. The molecular weight excluding hydrogens is 584 g/mol. The van der Waals surface area contributed by atoms with E-state index in [1.54, 1.807) is 6.07 Å². The fourth-order valence-corrected chi connectivity index (χ4v) is 8.70. The molecule has 3 amide bonds. The fourth-order valence-electron chi connectivity index (χ4n) is 7.78. The number of nitrogens with one attached hydrogen (secondary N) is 3. The molecule has 1 saturated carbocycles. The Balaban J connectivity index is 1.51. The van der Waals surface area contributed by atoms with Crippen LogP contribution in [0.5, 0.6) is 0 Å². The third-order valence-electron chi connectivity index (χ3n) is 9.77. The average Bonchev–Trinajstić information content (AvgIpc) is 3.42. The number of para-hydroxylation sites is 1. The van der Waals surface area contributed by atoms with E-state index in [2.05, 4.69) is 34.8 Å². The first-order chi connectivity index (χ1) is 19.9. The minimum Gasteiger partial charge on any atom is -0.367 e. The number of pyridine rings is 1. The summed E-state index contributed by atoms with van der Waals surface area (Å²) in [6, 6.07) is 7.33. The third-order valence-corrected chi connectivity index (χ3v) is 10.6. The summed E-state index contributed by atoms with van der Waals surface area (Å²) < 4.78 is 21.6. The number of hydrogen-bond donors (Lipinski definition) is 4. The van der Waals surface area contributed by atoms with E-state index in [9.17, 15) is 14.4 Å². The molecule has 1 aliphatic carbocycles. The number of primary amides is 1. The van der Waals surface area contributed by atoms with Crippen molar-refractivity contribution in [2.45, 2.75) is 86.4 Å². The lowest BCUT2D eigenvalue weighted by Gasteiger charge is -2.53. The number of rotatable bonds is 4. The Morgan fingerprint density at radius 3 is 2.64 bits per heavy atom. The molecule has 2 unspecified atom stereocenters. The molecule has 4 aliphatic rings. The summed E-state index contributed by atoms with van der Waals surface area (Å²) in [5.41, 5.74) is 4.10. The Hall–Kier alpha value is -2.79. The number of hydrogen-bond acceptors (Lipinski definition) is 6. The molecule has 12 heteroatoms. The fraction of sp³-hybridized carbons (Fsp3) is 0.533. The van der Waals surface area contributed by atoms with Crippen LogP contribution in [0.4, 0.5) is 10.1 Å². The van der Waals surface area contributed by atoms with Crippen LogP contribution in [0.25, 0.3) is 0 Å². The molecule has 2 saturated heterocycles. The summed E-state index contributed by atoms with van der Waals surface area (Å²) in [5.74, 6) is -3.14. The van der Waals surface area contributed by atoms with E-state index in [1.165, 1.54) is 12.3 Å². The quantitative estimate of drug-likeness (QED) is 0.306. The number of anilines is 1. The van der Waals surface area contributed by atoms with Gasteiger partial charge in [0.15, 0.2) is 11.0 Å². The Morgan fingerprint density at radius 2 is 1.95 bits per heavy atom. The van der Waals surface area contributed by atoms with Crippen LogP contribution in [-0.2, 0) is 24.5 Å². The zero-order valence-corrected chi connectivity index (χ0v) is 24.9. The maximum atomic E-state index is 16.0. The number of ether oxygens (including phenoxy) is 1. The predicted octanol–water partition coefficient (Wildman–Crippen LogP) is 3.53. The topological polar surface area (TPSA) is 135 Å². The second-order valence-corrected chi connectivity index (χ2v) is 13.6. The van der Waals surface area contributed by atoms with Crippen LogP contribution in [0.1, 0.15) is 63.0 Å². The third kappa shape index (κ3) is 4.32. The molecule has 2 spiro atoms. The minimum absolute atomic E-state index is 0.0953. The van der Waals surface area contributed by atoms with Crippen LogP contribution in [0.2, 0.25) is 5.15 Å². The lowest BCUT2D eigenvalue weighted by Crippen LogP contribution is -2.67. The largest absolute Gasteiger partial charge is 0.367 e. The summed E-state index contributed by atoms with van der Waals surface area (Å²) in [4.78, 5) is 44.2. The van der Waals surface area contributed by atoms with E-state index < -0.39 is 58.1 Å². The molecule has 3 aliphatic heterocycles. The van der Waals surface area contributed by atoms with Crippen molar-refractivity contribution in [3.8, 4) is 0 Å². The molecule has 1 aromatic carbocycles. The first-order valence-electron chi connectivity index (χ1n) is 14.3. The molecule has 0 bridgehead atoms. The summed E-state index contributed by atoms with van der Waals surface area (Å²) in [6.45, 7) is 4.36. The van der Waals surface area contributed by atoms with Gasteiger partial charge in [0, 0.05) is 17.8 Å². The van der Waals surface area contributed by atoms with Crippen molar-refractivity contribution < 1.29 is 23.5 Å². The number of amides is 3. The SMILES string of the molecule is CC1(C)CCC2(N[C@@H](C(=O)N[C@@H]3CC[C@@H](C(N)=O)OC3)[C@H](c3ccnc(Cl)c3F)[C@]23C(=O)Nc2ccccc23)C(Cl)C1. The van der Waals surface area contributed by atoms with Crippen molar-refractivity contribution in [1.82, 2.24) is 15.6 Å². The Morgan fingerprint density at radius 1 is 1.19 bits per heavy atom. The minimum atomic E-state index is -1.44. The molecule has 0 radical (unpaired) electrons. The molecule has 2 aromatic rings. The van der Waals surface area contributed by atoms with Crippen molar-refractivity contribution in [3.05, 3.63) is 58.6 Å². The monoisotopic (exact) mass is 617 g/mol. The lowest BCUT2D eigenvalue weighted by molar-refractivity contribution is -0.134. The molecule has 9 nitrogen and oxygen atoms in total. The predicted molar refractivity (Wildman–Crippen MR) is 156 cm³/mol. The highest BCUT2D eigenvalue weighted by atomic mass is 35.5. The van der Waals surface area contributed by atoms with Crippen LogP contribution in [0.3, 0.4) is 0 Å². The van der Waals surface area contributed by atoms with Crippen molar-refractivity contribution in [2.75, 3.05) is 11.9 Å². The molecule has 1 aromatic heterocycles. The number of halogens is 3. The Bertz CT molecular complexity index is 1450. The van der Waals surface area contributed by atoms with Gasteiger partial charge in [-0.05, 0) is 60.8 Å². The van der Waals surface area contributed by atoms with E-state index in [-0.39, 0.29) is 28.6 Å². The highest BCUT2D eigenvalue weighted by Gasteiger charge is 2.75. The van der Waals surface area contributed by atoms with Crippen molar-refractivity contribution in [2.24, 2.45) is 11.1 Å². The number of nitrogens with two attached hydrogens (primary N) is 1. The maximum Gasteiger partial charge on any atom is 0.246 e. The van der Waals surface area contributed by atoms with Gasteiger partial charge in [0.2, 0.25) is 17.7 Å². The molecule has 4 heterocycles. The molecule has 7 atom stereocenters. The first-order valence-corrected chi connectivity index (χ1v) is 15.1. The number of nitrogens with zero attached hydrogens (tertiary/aromatic N) is 1. The highest BCUT2D eigenvalue weighted by Crippen LogP contribution is 2.64. The Labute approximate surface area is 253 Å².